The Balaban J connectivity index is -0.000000142. The molecule has 0 radical (unpaired) electrons. The van der Waals surface area contributed by atoms with Crippen LogP contribution in [-0.4, -0.2) is 33.2 Å². The van der Waals surface area contributed by atoms with E-state index in [4.69, 9.17) is 26.2 Å². The summed E-state index contributed by atoms with van der Waals surface area (Å²) < 4.78 is 0. The monoisotopic (exact) mass is 290 g/mol. The van der Waals surface area contributed by atoms with Crippen molar-refractivity contribution in [2.24, 2.45) is 5.73 Å². The van der Waals surface area contributed by atoms with Crippen molar-refractivity contribution in [3.05, 3.63) is 10.1 Å². The predicted molar refractivity (Wildman–Crippen MR) is 36.6 cm³/mol. The fraction of sp³-hybridized carbons (Fsp3) is 0.667. The quantitative estimate of drug-likeness (QED) is 0.247. The maximum Gasteiger partial charge on any atom is 1.00 e. The van der Waals surface area contributed by atoms with Crippen LogP contribution in [0.15, 0.2) is 0 Å². The van der Waals surface area contributed by atoms with Crippen LogP contribution in [0.4, 0.5) is 0 Å². The van der Waals surface area contributed by atoms with Crippen molar-refractivity contribution in [2.75, 3.05) is 5.75 Å². The minimum Gasteiger partial charge on any atom is -0.791 e. The molecule has 12 heavy (non-hydrogen) atoms. The molecule has 0 aliphatic rings. The maximum absolute atomic E-state index is 9.74. The summed E-state index contributed by atoms with van der Waals surface area (Å²) in [6.07, 6.45) is 0. The van der Waals surface area contributed by atoms with Crippen LogP contribution in [0.1, 0.15) is 0 Å². The molecule has 0 saturated carbocycles. The Morgan fingerprint density at radius 2 is 2.00 bits per heavy atom. The van der Waals surface area contributed by atoms with Gasteiger partial charge in [0.05, 0.1) is 6.04 Å². The fourth-order valence-electron chi connectivity index (χ4n) is 0.0713. The van der Waals surface area contributed by atoms with Gasteiger partial charge in [-0.05, 0) is 0 Å². The Morgan fingerprint density at radius 1 is 1.75 bits per heavy atom. The van der Waals surface area contributed by atoms with E-state index in [0.717, 1.165) is 0 Å². The second kappa shape index (κ2) is 10.7. The number of carbonyl (C=O) groups is 1. The number of carboxylic acid groups (broad SMARTS) is 1. The predicted octanol–water partition coefficient (Wildman–Crippen LogP) is -1.40. The van der Waals surface area contributed by atoms with Gasteiger partial charge in [0.15, 0.2) is 0 Å². The Labute approximate surface area is 89.0 Å². The van der Waals surface area contributed by atoms with Crippen molar-refractivity contribution in [3.63, 3.8) is 0 Å². The fourth-order valence-corrected chi connectivity index (χ4v) is 0.214. The normalized spacial score (nSPS) is 9.83. The van der Waals surface area contributed by atoms with Gasteiger partial charge >= 0.3 is 28.3 Å². The van der Waals surface area contributed by atoms with Gasteiger partial charge in [-0.25, -0.2) is 0 Å². The van der Waals surface area contributed by atoms with Crippen LogP contribution in [0.5, 0.6) is 0 Å². The van der Waals surface area contributed by atoms with Gasteiger partial charge in [0.25, 0.3) is 5.09 Å². The summed E-state index contributed by atoms with van der Waals surface area (Å²) in [6, 6.07) is -0.866. The second-order valence-electron chi connectivity index (χ2n) is 1.35. The van der Waals surface area contributed by atoms with E-state index < -0.39 is 17.1 Å². The molecule has 1 atom stereocenters. The molecule has 0 aromatic carbocycles. The molecule has 7 nitrogen and oxygen atoms in total. The molecular formula is C3H7AgN2O5S. The second-order valence-corrected chi connectivity index (χ2v) is 1.68. The molecule has 0 saturated heterocycles. The summed E-state index contributed by atoms with van der Waals surface area (Å²) >= 11 is 4.35. The largest absolute Gasteiger partial charge is 1.00 e. The first-order chi connectivity index (χ1) is 4.91. The van der Waals surface area contributed by atoms with Crippen molar-refractivity contribution >= 4 is 18.6 Å². The smallest absolute Gasteiger partial charge is 0.791 e. The number of nitrogens with two attached hydrogens (primary N) is 1. The van der Waals surface area contributed by atoms with Gasteiger partial charge in [-0.1, -0.05) is 0 Å². The molecule has 9 heteroatoms. The van der Waals surface area contributed by atoms with Crippen molar-refractivity contribution < 1.29 is 42.6 Å². The minimum absolute atomic E-state index is 0. The third-order valence-corrected chi connectivity index (χ3v) is 0.856. The summed E-state index contributed by atoms with van der Waals surface area (Å²) in [7, 11) is 0. The number of aliphatic carboxylic acids is 1. The molecule has 0 aromatic rings. The van der Waals surface area contributed by atoms with Gasteiger partial charge in [-0.2, -0.15) is 5.75 Å². The molecule has 0 fully saturated rings. The molecule has 0 aliphatic heterocycles. The number of hydrogen-bond acceptors (Lipinski definition) is 5. The van der Waals surface area contributed by atoms with Gasteiger partial charge in [-0.15, -0.1) is 10.1 Å². The van der Waals surface area contributed by atoms with Crippen molar-refractivity contribution in [1.29, 1.82) is 0 Å². The van der Waals surface area contributed by atoms with E-state index in [1.807, 2.05) is 0 Å². The van der Waals surface area contributed by atoms with Crippen LogP contribution in [0, 0.1) is 10.1 Å². The first kappa shape index (κ1) is 17.7. The minimum atomic E-state index is -1.50. The molecule has 0 bridgehead atoms. The van der Waals surface area contributed by atoms with E-state index in [1.54, 1.807) is 0 Å². The molecule has 1 unspecified atom stereocenters. The van der Waals surface area contributed by atoms with Crippen LogP contribution in [0.3, 0.4) is 0 Å². The van der Waals surface area contributed by atoms with Gasteiger partial charge in [0, 0.05) is 0 Å². The van der Waals surface area contributed by atoms with E-state index in [1.165, 1.54) is 0 Å². The van der Waals surface area contributed by atoms with Crippen LogP contribution in [0.25, 0.3) is 0 Å². The molecule has 4 N–H and O–H groups in total. The zero-order valence-electron chi connectivity index (χ0n) is 5.64. The average molecular weight is 291 g/mol. The standard InChI is InChI=1S/C3H7NO2S.Ag.HNO3/c4-2(1-7)3(5)6;;2-1(3)4/h2,7H,1,4H2,(H,5,6);;(H,2,3,4)/q;+1;/p-1. The van der Waals surface area contributed by atoms with Crippen LogP contribution < -0.4 is 5.73 Å². The first-order valence-electron chi connectivity index (χ1n) is 2.31. The Bertz CT molecular complexity index is 141. The molecule has 0 heterocycles. The van der Waals surface area contributed by atoms with Crippen LogP contribution in [0.2, 0.25) is 0 Å². The number of hydrogen-bond donors (Lipinski definition) is 3. The Morgan fingerprint density at radius 3 is 2.00 bits per heavy atom. The number of rotatable bonds is 2. The van der Waals surface area contributed by atoms with Crippen LogP contribution in [-0.2, 0) is 39.8 Å². The number of nitrogens with zero attached hydrogens (tertiary/aromatic N) is 1. The van der Waals surface area contributed by atoms with Gasteiger partial charge in [0.2, 0.25) is 0 Å². The van der Waals surface area contributed by atoms with Crippen LogP contribution >= 0.6 is 0 Å². The van der Waals surface area contributed by atoms with Gasteiger partial charge in [-0.3, -0.25) is 4.79 Å². The molecular weight excluding hydrogens is 284 g/mol. The average Bonchev–Trinajstić information content (AvgIpc) is 1.85. The SMILES string of the molecule is NC(C[S-])C(=O)O.O=[N+]([O-])O.[Ag+]. The van der Waals surface area contributed by atoms with Crippen molar-refractivity contribution in [1.82, 2.24) is 0 Å². The van der Waals surface area contributed by atoms with E-state index >= 15 is 0 Å². The van der Waals surface area contributed by atoms with E-state index in [0.29, 0.717) is 0 Å². The Kier molecular flexibility index (Phi) is 15.8. The zero-order chi connectivity index (χ0) is 9.44. The van der Waals surface area contributed by atoms with Crippen molar-refractivity contribution in [2.45, 2.75) is 6.04 Å². The zero-order valence-corrected chi connectivity index (χ0v) is 7.94. The summed E-state index contributed by atoms with van der Waals surface area (Å²) in [4.78, 5) is 18.1. The van der Waals surface area contributed by atoms with E-state index in [-0.39, 0.29) is 28.1 Å². The molecule has 0 aliphatic carbocycles. The molecule has 0 rings (SSSR count). The molecule has 0 amide bonds. The Hall–Kier alpha value is -0.280. The molecule has 0 aromatic heterocycles. The first-order valence-corrected chi connectivity index (χ1v) is 2.89. The summed E-state index contributed by atoms with van der Waals surface area (Å²) in [5.74, 6) is -0.954. The molecule has 0 spiro atoms. The summed E-state index contributed by atoms with van der Waals surface area (Å²) in [6.45, 7) is 0. The number of carboxylic acids is 1. The van der Waals surface area contributed by atoms with Crippen molar-refractivity contribution in [3.8, 4) is 0 Å². The summed E-state index contributed by atoms with van der Waals surface area (Å²) in [5, 5.41) is 21.6. The third kappa shape index (κ3) is 22.6. The van der Waals surface area contributed by atoms with Gasteiger partial charge < -0.3 is 28.7 Å². The maximum atomic E-state index is 9.74. The van der Waals surface area contributed by atoms with E-state index in [9.17, 15) is 4.79 Å². The third-order valence-electron chi connectivity index (χ3n) is 0.497. The van der Waals surface area contributed by atoms with E-state index in [2.05, 4.69) is 12.6 Å². The summed E-state index contributed by atoms with van der Waals surface area (Å²) in [5.41, 5.74) is 4.91. The molecule has 76 valence electrons. The topological polar surface area (TPSA) is 127 Å². The van der Waals surface area contributed by atoms with Gasteiger partial charge in [0.1, 0.15) is 0 Å².